The van der Waals surface area contributed by atoms with Gasteiger partial charge < -0.3 is 5.32 Å². The highest BCUT2D eigenvalue weighted by Crippen LogP contribution is 2.25. The van der Waals surface area contributed by atoms with E-state index in [9.17, 15) is 8.78 Å². The smallest absolute Gasteiger partial charge is 0.263 e. The van der Waals surface area contributed by atoms with Crippen LogP contribution in [0.4, 0.5) is 8.78 Å². The maximum atomic E-state index is 12.5. The normalized spacial score (nSPS) is 17.6. The van der Waals surface area contributed by atoms with Gasteiger partial charge in [0, 0.05) is 43.3 Å². The number of hydrogen-bond acceptors (Lipinski definition) is 2. The molecular formula is C12H15ClF2N2. The fourth-order valence-corrected chi connectivity index (χ4v) is 2.19. The van der Waals surface area contributed by atoms with Crippen molar-refractivity contribution in [2.75, 3.05) is 26.2 Å². The highest BCUT2D eigenvalue weighted by atomic mass is 35.5. The van der Waals surface area contributed by atoms with Crippen LogP contribution in [0.1, 0.15) is 17.6 Å². The van der Waals surface area contributed by atoms with Crippen molar-refractivity contribution in [2.45, 2.75) is 13.0 Å². The number of hydrogen-bond donors (Lipinski definition) is 1. The van der Waals surface area contributed by atoms with E-state index in [0.717, 1.165) is 38.3 Å². The first-order valence-corrected chi connectivity index (χ1v) is 6.04. The fraction of sp³-hybridized carbons (Fsp3) is 0.500. The van der Waals surface area contributed by atoms with Crippen LogP contribution in [0.15, 0.2) is 18.2 Å². The van der Waals surface area contributed by atoms with Gasteiger partial charge in [0.25, 0.3) is 6.43 Å². The number of halogens is 3. The Morgan fingerprint density at radius 3 is 2.59 bits per heavy atom. The Bertz CT molecular complexity index is 379. The molecule has 0 spiro atoms. The zero-order valence-electron chi connectivity index (χ0n) is 9.43. The van der Waals surface area contributed by atoms with Gasteiger partial charge in [-0.2, -0.15) is 0 Å². The third-order valence-corrected chi connectivity index (χ3v) is 3.28. The Hall–Kier alpha value is -0.710. The third-order valence-electron chi connectivity index (χ3n) is 2.93. The lowest BCUT2D eigenvalue weighted by Crippen LogP contribution is -2.42. The number of benzene rings is 1. The summed E-state index contributed by atoms with van der Waals surface area (Å²) in [5.41, 5.74) is 0.900. The first-order chi connectivity index (χ1) is 8.16. The summed E-state index contributed by atoms with van der Waals surface area (Å²) >= 11 is 6.02. The topological polar surface area (TPSA) is 15.3 Å². The molecule has 0 unspecified atom stereocenters. The van der Waals surface area contributed by atoms with Crippen molar-refractivity contribution in [2.24, 2.45) is 0 Å². The Morgan fingerprint density at radius 2 is 2.00 bits per heavy atom. The van der Waals surface area contributed by atoms with Gasteiger partial charge in [0.15, 0.2) is 0 Å². The molecule has 2 rings (SSSR count). The Labute approximate surface area is 105 Å². The number of nitrogens with zero attached hydrogens (tertiary/aromatic N) is 1. The molecule has 0 aliphatic carbocycles. The van der Waals surface area contributed by atoms with Gasteiger partial charge in [-0.3, -0.25) is 4.90 Å². The van der Waals surface area contributed by atoms with Crippen molar-refractivity contribution in [1.82, 2.24) is 10.2 Å². The fourth-order valence-electron chi connectivity index (χ4n) is 1.94. The van der Waals surface area contributed by atoms with E-state index >= 15 is 0 Å². The van der Waals surface area contributed by atoms with Crippen LogP contribution in [0.2, 0.25) is 5.02 Å². The van der Waals surface area contributed by atoms with Gasteiger partial charge in [0.1, 0.15) is 0 Å². The maximum absolute atomic E-state index is 12.5. The number of alkyl halides is 2. The summed E-state index contributed by atoms with van der Waals surface area (Å²) in [7, 11) is 0. The number of nitrogens with one attached hydrogen (secondary N) is 1. The molecule has 1 N–H and O–H groups in total. The molecule has 1 aromatic carbocycles. The first kappa shape index (κ1) is 12.7. The second-order valence-corrected chi connectivity index (χ2v) is 4.58. The van der Waals surface area contributed by atoms with Crippen LogP contribution in [-0.2, 0) is 6.54 Å². The molecule has 0 amide bonds. The molecule has 1 aromatic rings. The molecule has 0 atom stereocenters. The van der Waals surface area contributed by atoms with Crippen molar-refractivity contribution in [3.63, 3.8) is 0 Å². The minimum absolute atomic E-state index is 0.0148. The summed E-state index contributed by atoms with van der Waals surface area (Å²) in [5, 5.41) is 3.70. The lowest BCUT2D eigenvalue weighted by Gasteiger charge is -2.27. The van der Waals surface area contributed by atoms with Crippen molar-refractivity contribution >= 4 is 11.6 Å². The van der Waals surface area contributed by atoms with Crippen LogP contribution in [0.5, 0.6) is 0 Å². The molecule has 1 fully saturated rings. The van der Waals surface area contributed by atoms with Gasteiger partial charge in [-0.1, -0.05) is 23.7 Å². The van der Waals surface area contributed by atoms with Crippen LogP contribution in [0.25, 0.3) is 0 Å². The zero-order valence-corrected chi connectivity index (χ0v) is 10.2. The van der Waals surface area contributed by atoms with Crippen molar-refractivity contribution in [1.29, 1.82) is 0 Å². The minimum atomic E-state index is -2.46. The SMILES string of the molecule is FC(F)c1ccc(CN2CCNCC2)c(Cl)c1. The van der Waals surface area contributed by atoms with E-state index in [0.29, 0.717) is 5.02 Å². The van der Waals surface area contributed by atoms with Crippen LogP contribution in [-0.4, -0.2) is 31.1 Å². The summed E-state index contributed by atoms with van der Waals surface area (Å²) in [6, 6.07) is 4.52. The summed E-state index contributed by atoms with van der Waals surface area (Å²) in [4.78, 5) is 2.26. The molecule has 1 saturated heterocycles. The van der Waals surface area contributed by atoms with Gasteiger partial charge in [0.2, 0.25) is 0 Å². The highest BCUT2D eigenvalue weighted by molar-refractivity contribution is 6.31. The average Bonchev–Trinajstić information content (AvgIpc) is 2.33. The molecule has 2 nitrogen and oxygen atoms in total. The van der Waals surface area contributed by atoms with Crippen LogP contribution >= 0.6 is 11.6 Å². The molecule has 1 aliphatic rings. The van der Waals surface area contributed by atoms with E-state index in [1.54, 1.807) is 6.07 Å². The van der Waals surface area contributed by atoms with Gasteiger partial charge in [-0.25, -0.2) is 8.78 Å². The summed E-state index contributed by atoms with van der Waals surface area (Å²) < 4.78 is 24.9. The highest BCUT2D eigenvalue weighted by Gasteiger charge is 2.13. The summed E-state index contributed by atoms with van der Waals surface area (Å²) in [6.45, 7) is 4.59. The van der Waals surface area contributed by atoms with E-state index in [4.69, 9.17) is 11.6 Å². The zero-order chi connectivity index (χ0) is 12.3. The Kier molecular flexibility index (Phi) is 4.31. The predicted octanol–water partition coefficient (Wildman–Crippen LogP) is 2.68. The van der Waals surface area contributed by atoms with Crippen LogP contribution in [0.3, 0.4) is 0 Å². The number of rotatable bonds is 3. The van der Waals surface area contributed by atoms with E-state index in [-0.39, 0.29) is 5.56 Å². The second kappa shape index (κ2) is 5.76. The molecule has 0 bridgehead atoms. The molecule has 0 radical (unpaired) electrons. The molecular weight excluding hydrogens is 246 g/mol. The molecule has 94 valence electrons. The lowest BCUT2D eigenvalue weighted by atomic mass is 10.1. The Balaban J connectivity index is 2.05. The quantitative estimate of drug-likeness (QED) is 0.899. The van der Waals surface area contributed by atoms with Crippen LogP contribution < -0.4 is 5.32 Å². The van der Waals surface area contributed by atoms with E-state index in [1.165, 1.54) is 12.1 Å². The largest absolute Gasteiger partial charge is 0.314 e. The summed E-state index contributed by atoms with van der Waals surface area (Å²) in [6.07, 6.45) is -2.46. The van der Waals surface area contributed by atoms with Gasteiger partial charge in [-0.15, -0.1) is 0 Å². The molecule has 5 heteroatoms. The average molecular weight is 261 g/mol. The second-order valence-electron chi connectivity index (χ2n) is 4.18. The van der Waals surface area contributed by atoms with E-state index < -0.39 is 6.43 Å². The van der Waals surface area contributed by atoms with Crippen molar-refractivity contribution < 1.29 is 8.78 Å². The molecule has 0 saturated carbocycles. The predicted molar refractivity (Wildman–Crippen MR) is 64.6 cm³/mol. The third kappa shape index (κ3) is 3.37. The minimum Gasteiger partial charge on any atom is -0.314 e. The van der Waals surface area contributed by atoms with Gasteiger partial charge in [0.05, 0.1) is 0 Å². The number of piperazine rings is 1. The molecule has 1 heterocycles. The van der Waals surface area contributed by atoms with Crippen LogP contribution in [0, 0.1) is 0 Å². The lowest BCUT2D eigenvalue weighted by molar-refractivity contribution is 0.151. The van der Waals surface area contributed by atoms with Crippen molar-refractivity contribution in [3.8, 4) is 0 Å². The van der Waals surface area contributed by atoms with Gasteiger partial charge >= 0.3 is 0 Å². The van der Waals surface area contributed by atoms with E-state index in [2.05, 4.69) is 10.2 Å². The monoisotopic (exact) mass is 260 g/mol. The first-order valence-electron chi connectivity index (χ1n) is 5.66. The molecule has 17 heavy (non-hydrogen) atoms. The van der Waals surface area contributed by atoms with E-state index in [1.807, 2.05) is 0 Å². The standard InChI is InChI=1S/C12H15ClF2N2/c13-11-7-9(12(14)15)1-2-10(11)8-17-5-3-16-4-6-17/h1-2,7,12,16H,3-6,8H2. The Morgan fingerprint density at radius 1 is 1.29 bits per heavy atom. The molecule has 0 aromatic heterocycles. The van der Waals surface area contributed by atoms with Gasteiger partial charge in [-0.05, 0) is 11.6 Å². The maximum Gasteiger partial charge on any atom is 0.263 e. The van der Waals surface area contributed by atoms with Crippen molar-refractivity contribution in [3.05, 3.63) is 34.3 Å². The summed E-state index contributed by atoms with van der Waals surface area (Å²) in [5.74, 6) is 0. The molecule has 1 aliphatic heterocycles.